The number of carbonyl (C=O) groups excluding carboxylic acids is 1. The minimum absolute atomic E-state index is 0.261. The van der Waals surface area contributed by atoms with Gasteiger partial charge in [-0.1, -0.05) is 15.9 Å². The number of hydrogen-bond donors (Lipinski definition) is 3. The Kier molecular flexibility index (Phi) is 4.26. The first-order chi connectivity index (χ1) is 12.8. The SMILES string of the molecule is Cc1c(Br)ccc2c1C(=CC(C)(C(=O)O)c1c[nH]c3c1CCCC3)C(=O)N2. The normalized spacial score (nSPS) is 19.4. The lowest BCUT2D eigenvalue weighted by molar-refractivity contribution is -0.141. The summed E-state index contributed by atoms with van der Waals surface area (Å²) < 4.78 is 0.889. The maximum atomic E-state index is 12.7. The number of aliphatic carboxylic acids is 1. The van der Waals surface area contributed by atoms with Crippen molar-refractivity contribution in [2.45, 2.75) is 44.9 Å². The number of fused-ring (bicyclic) bond motifs is 2. The lowest BCUT2D eigenvalue weighted by Gasteiger charge is -2.24. The number of anilines is 1. The van der Waals surface area contributed by atoms with E-state index in [4.69, 9.17) is 0 Å². The Morgan fingerprint density at radius 2 is 2.04 bits per heavy atom. The minimum atomic E-state index is -1.29. The molecule has 0 spiro atoms. The van der Waals surface area contributed by atoms with Crippen LogP contribution in [0.25, 0.3) is 5.57 Å². The Hall–Kier alpha value is -2.34. The molecule has 0 bridgehead atoms. The summed E-state index contributed by atoms with van der Waals surface area (Å²) in [5.41, 5.74) is 4.50. The number of aromatic nitrogens is 1. The predicted molar refractivity (Wildman–Crippen MR) is 108 cm³/mol. The number of carboxylic acid groups (broad SMARTS) is 1. The Bertz CT molecular complexity index is 1010. The van der Waals surface area contributed by atoms with Crippen molar-refractivity contribution in [2.24, 2.45) is 0 Å². The van der Waals surface area contributed by atoms with Gasteiger partial charge in [0.15, 0.2) is 0 Å². The van der Waals surface area contributed by atoms with E-state index >= 15 is 0 Å². The van der Waals surface area contributed by atoms with Crippen LogP contribution in [0.4, 0.5) is 5.69 Å². The van der Waals surface area contributed by atoms with Crippen molar-refractivity contribution in [1.82, 2.24) is 4.98 Å². The van der Waals surface area contributed by atoms with Gasteiger partial charge in [-0.3, -0.25) is 9.59 Å². The van der Waals surface area contributed by atoms with Crippen LogP contribution in [0.1, 0.15) is 47.7 Å². The van der Waals surface area contributed by atoms with E-state index in [1.807, 2.05) is 25.3 Å². The molecule has 1 aliphatic carbocycles. The molecule has 0 saturated heterocycles. The van der Waals surface area contributed by atoms with Gasteiger partial charge in [0.25, 0.3) is 5.91 Å². The van der Waals surface area contributed by atoms with Crippen molar-refractivity contribution in [3.05, 3.63) is 56.8 Å². The Balaban J connectivity index is 1.91. The van der Waals surface area contributed by atoms with Gasteiger partial charge in [0.2, 0.25) is 0 Å². The molecule has 27 heavy (non-hydrogen) atoms. The molecule has 1 aliphatic heterocycles. The second-order valence-corrected chi connectivity index (χ2v) is 8.34. The van der Waals surface area contributed by atoms with Crippen molar-refractivity contribution < 1.29 is 14.7 Å². The first-order valence-corrected chi connectivity index (χ1v) is 9.89. The van der Waals surface area contributed by atoms with Crippen LogP contribution in [0.2, 0.25) is 0 Å². The minimum Gasteiger partial charge on any atom is -0.480 e. The van der Waals surface area contributed by atoms with Crippen LogP contribution < -0.4 is 5.32 Å². The number of H-pyrrole nitrogens is 1. The maximum absolute atomic E-state index is 12.7. The highest BCUT2D eigenvalue weighted by Crippen LogP contribution is 2.42. The lowest BCUT2D eigenvalue weighted by Crippen LogP contribution is -2.32. The van der Waals surface area contributed by atoms with Crippen molar-refractivity contribution >= 4 is 39.1 Å². The number of aryl methyl sites for hydroxylation is 1. The highest BCUT2D eigenvalue weighted by atomic mass is 79.9. The summed E-state index contributed by atoms with van der Waals surface area (Å²) in [5, 5.41) is 13.0. The fraction of sp³-hybridized carbons (Fsp3) is 0.333. The smallest absolute Gasteiger partial charge is 0.317 e. The quantitative estimate of drug-likeness (QED) is 0.635. The number of amides is 1. The van der Waals surface area contributed by atoms with Crippen molar-refractivity contribution in [3.8, 4) is 0 Å². The van der Waals surface area contributed by atoms with Crippen LogP contribution in [0.3, 0.4) is 0 Å². The molecular weight excluding hydrogens is 408 g/mol. The molecule has 0 radical (unpaired) electrons. The monoisotopic (exact) mass is 428 g/mol. The number of halogens is 1. The molecule has 1 atom stereocenters. The first-order valence-electron chi connectivity index (χ1n) is 9.09. The van der Waals surface area contributed by atoms with Crippen molar-refractivity contribution in [3.63, 3.8) is 0 Å². The van der Waals surface area contributed by atoms with Gasteiger partial charge in [0, 0.05) is 33.2 Å². The van der Waals surface area contributed by atoms with Gasteiger partial charge >= 0.3 is 5.97 Å². The van der Waals surface area contributed by atoms with E-state index in [2.05, 4.69) is 26.2 Å². The van der Waals surface area contributed by atoms with Gasteiger partial charge < -0.3 is 15.4 Å². The lowest BCUT2D eigenvalue weighted by atomic mass is 9.77. The van der Waals surface area contributed by atoms with Crippen LogP contribution in [0.5, 0.6) is 0 Å². The van der Waals surface area contributed by atoms with E-state index in [9.17, 15) is 14.7 Å². The molecule has 4 rings (SSSR count). The summed E-state index contributed by atoms with van der Waals surface area (Å²) >= 11 is 3.51. The summed E-state index contributed by atoms with van der Waals surface area (Å²) in [7, 11) is 0. The van der Waals surface area contributed by atoms with Crippen LogP contribution in [-0.4, -0.2) is 22.0 Å². The van der Waals surface area contributed by atoms with E-state index in [-0.39, 0.29) is 5.91 Å². The molecular formula is C21H21BrN2O3. The third-order valence-corrected chi connectivity index (χ3v) is 6.64. The zero-order valence-electron chi connectivity index (χ0n) is 15.3. The largest absolute Gasteiger partial charge is 0.480 e. The Morgan fingerprint density at radius 1 is 1.30 bits per heavy atom. The average molecular weight is 429 g/mol. The summed E-state index contributed by atoms with van der Waals surface area (Å²) in [6, 6.07) is 3.72. The highest BCUT2D eigenvalue weighted by Gasteiger charge is 2.40. The average Bonchev–Trinajstić information content (AvgIpc) is 3.20. The van der Waals surface area contributed by atoms with Gasteiger partial charge in [0.1, 0.15) is 5.41 Å². The molecule has 0 fully saturated rings. The molecule has 2 aromatic rings. The third kappa shape index (κ3) is 2.74. The number of rotatable bonds is 3. The molecule has 1 amide bonds. The fourth-order valence-corrected chi connectivity index (χ4v) is 4.52. The highest BCUT2D eigenvalue weighted by molar-refractivity contribution is 9.10. The van der Waals surface area contributed by atoms with Crippen molar-refractivity contribution in [2.75, 3.05) is 5.32 Å². The second-order valence-electron chi connectivity index (χ2n) is 7.48. The molecule has 1 unspecified atom stereocenters. The predicted octanol–water partition coefficient (Wildman–Crippen LogP) is 4.34. The summed E-state index contributed by atoms with van der Waals surface area (Å²) in [5.74, 6) is -1.22. The van der Waals surface area contributed by atoms with Gasteiger partial charge in [-0.2, -0.15) is 0 Å². The van der Waals surface area contributed by atoms with Crippen LogP contribution in [-0.2, 0) is 27.8 Å². The molecule has 0 saturated carbocycles. The number of benzene rings is 1. The molecule has 2 heterocycles. The maximum Gasteiger partial charge on any atom is 0.317 e. The van der Waals surface area contributed by atoms with Gasteiger partial charge in [-0.05, 0) is 74.4 Å². The van der Waals surface area contributed by atoms with Gasteiger partial charge in [-0.15, -0.1) is 0 Å². The molecule has 5 nitrogen and oxygen atoms in total. The Morgan fingerprint density at radius 3 is 2.78 bits per heavy atom. The zero-order valence-corrected chi connectivity index (χ0v) is 16.9. The topological polar surface area (TPSA) is 82.2 Å². The summed E-state index contributed by atoms with van der Waals surface area (Å²) in [4.78, 5) is 28.3. The van der Waals surface area contributed by atoms with Crippen LogP contribution in [0.15, 0.2) is 28.9 Å². The van der Waals surface area contributed by atoms with E-state index in [0.717, 1.165) is 63.8 Å². The van der Waals surface area contributed by atoms with Gasteiger partial charge in [-0.25, -0.2) is 0 Å². The Labute approximate surface area is 166 Å². The number of carbonyl (C=O) groups is 2. The molecule has 2 aliphatic rings. The number of carboxylic acids is 1. The third-order valence-electron chi connectivity index (χ3n) is 5.78. The standard InChI is InChI=1S/C21H21BrN2O3/c1-11-15(22)7-8-17-18(11)13(19(25)24-17)9-21(2,20(26)27)14-10-23-16-6-4-3-5-12(14)16/h7-10,23H,3-6H2,1-2H3,(H,24,25)(H,26,27). The molecule has 6 heteroatoms. The first kappa shape index (κ1) is 18.0. The van der Waals surface area contributed by atoms with E-state index in [1.54, 1.807) is 13.0 Å². The molecule has 1 aromatic carbocycles. The fourth-order valence-electron chi connectivity index (χ4n) is 4.19. The van der Waals surface area contributed by atoms with E-state index in [1.165, 1.54) is 0 Å². The zero-order chi connectivity index (χ0) is 19.3. The van der Waals surface area contributed by atoms with Crippen LogP contribution in [0, 0.1) is 6.92 Å². The molecule has 1 aromatic heterocycles. The number of aromatic amines is 1. The summed E-state index contributed by atoms with van der Waals surface area (Å²) in [6.07, 6.45) is 7.40. The van der Waals surface area contributed by atoms with Crippen LogP contribution >= 0.6 is 15.9 Å². The van der Waals surface area contributed by atoms with E-state index in [0.29, 0.717) is 5.57 Å². The van der Waals surface area contributed by atoms with E-state index < -0.39 is 11.4 Å². The summed E-state index contributed by atoms with van der Waals surface area (Å²) in [6.45, 7) is 3.60. The number of hydrogen-bond acceptors (Lipinski definition) is 2. The number of nitrogens with one attached hydrogen (secondary N) is 2. The van der Waals surface area contributed by atoms with Crippen molar-refractivity contribution in [1.29, 1.82) is 0 Å². The molecule has 3 N–H and O–H groups in total. The van der Waals surface area contributed by atoms with Gasteiger partial charge in [0.05, 0.1) is 0 Å². The second kappa shape index (κ2) is 6.37. The molecule has 140 valence electrons.